The van der Waals surface area contributed by atoms with Crippen LogP contribution >= 0.6 is 0 Å². The number of hydrogen-bond donors (Lipinski definition) is 2. The summed E-state index contributed by atoms with van der Waals surface area (Å²) < 4.78 is 5.26. The number of para-hydroxylation sites is 1. The fourth-order valence-corrected chi connectivity index (χ4v) is 2.82. The largest absolute Gasteiger partial charge is 0.388 e. The molecule has 2 heterocycles. The second-order valence-corrected chi connectivity index (χ2v) is 5.77. The molecular weight excluding hydrogens is 268 g/mol. The first-order valence-electron chi connectivity index (χ1n) is 7.21. The molecule has 1 aromatic heterocycles. The van der Waals surface area contributed by atoms with Gasteiger partial charge >= 0.3 is 0 Å². The van der Waals surface area contributed by atoms with Crippen molar-refractivity contribution in [3.63, 3.8) is 0 Å². The number of nitrogens with one attached hydrogen (secondary N) is 1. The Labute approximate surface area is 123 Å². The van der Waals surface area contributed by atoms with E-state index in [0.29, 0.717) is 38.3 Å². The van der Waals surface area contributed by atoms with Crippen LogP contribution in [0, 0.1) is 0 Å². The lowest BCUT2D eigenvalue weighted by Gasteiger charge is -2.35. The second-order valence-electron chi connectivity index (χ2n) is 5.77. The van der Waals surface area contributed by atoms with Gasteiger partial charge in [0.25, 0.3) is 5.91 Å². The Morgan fingerprint density at radius 2 is 2.10 bits per heavy atom. The molecule has 0 spiro atoms. The number of nitrogens with zero attached hydrogens (tertiary/aromatic N) is 1. The number of carbonyl (C=O) groups excluding carboxylic acids is 1. The van der Waals surface area contributed by atoms with Crippen LogP contribution in [-0.2, 0) is 4.74 Å². The number of likely N-dealkylation sites (N-methyl/N-ethyl adjacent to an activating group) is 1. The van der Waals surface area contributed by atoms with Crippen molar-refractivity contribution in [2.45, 2.75) is 18.4 Å². The van der Waals surface area contributed by atoms with Crippen LogP contribution in [0.15, 0.2) is 30.3 Å². The molecule has 1 fully saturated rings. The Bertz CT molecular complexity index is 611. The highest BCUT2D eigenvalue weighted by molar-refractivity contribution is 5.97. The van der Waals surface area contributed by atoms with Gasteiger partial charge in [-0.2, -0.15) is 0 Å². The smallest absolute Gasteiger partial charge is 0.270 e. The zero-order chi connectivity index (χ0) is 14.9. The Morgan fingerprint density at radius 3 is 2.81 bits per heavy atom. The predicted molar refractivity (Wildman–Crippen MR) is 80.3 cm³/mol. The van der Waals surface area contributed by atoms with Crippen molar-refractivity contribution in [1.82, 2.24) is 9.88 Å². The molecule has 1 amide bonds. The van der Waals surface area contributed by atoms with Gasteiger partial charge in [0.15, 0.2) is 0 Å². The minimum absolute atomic E-state index is 0.105. The molecule has 0 saturated carbocycles. The van der Waals surface area contributed by atoms with Crippen LogP contribution in [0.4, 0.5) is 0 Å². The van der Waals surface area contributed by atoms with Crippen LogP contribution in [0.2, 0.25) is 0 Å². The van der Waals surface area contributed by atoms with Gasteiger partial charge in [-0.05, 0) is 12.1 Å². The summed E-state index contributed by atoms with van der Waals surface area (Å²) in [5.74, 6) is -0.105. The molecule has 0 atom stereocenters. The van der Waals surface area contributed by atoms with Crippen molar-refractivity contribution < 1.29 is 14.6 Å². The molecule has 1 aliphatic heterocycles. The Kier molecular flexibility index (Phi) is 3.69. The highest BCUT2D eigenvalue weighted by atomic mass is 16.5. The molecule has 0 aliphatic carbocycles. The zero-order valence-corrected chi connectivity index (χ0v) is 12.1. The molecule has 21 heavy (non-hydrogen) atoms. The summed E-state index contributed by atoms with van der Waals surface area (Å²) in [6.45, 7) is 1.42. The maximum Gasteiger partial charge on any atom is 0.270 e. The molecule has 5 nitrogen and oxygen atoms in total. The Hall–Kier alpha value is -1.85. The first kappa shape index (κ1) is 14.1. The quantitative estimate of drug-likeness (QED) is 0.905. The average molecular weight is 288 g/mol. The first-order valence-corrected chi connectivity index (χ1v) is 7.21. The zero-order valence-electron chi connectivity index (χ0n) is 12.1. The van der Waals surface area contributed by atoms with E-state index in [-0.39, 0.29) is 5.91 Å². The van der Waals surface area contributed by atoms with E-state index in [9.17, 15) is 9.90 Å². The number of rotatable bonds is 3. The van der Waals surface area contributed by atoms with Crippen LogP contribution in [0.5, 0.6) is 0 Å². The van der Waals surface area contributed by atoms with Gasteiger partial charge in [0.05, 0.1) is 5.60 Å². The Morgan fingerprint density at radius 1 is 1.38 bits per heavy atom. The third kappa shape index (κ3) is 2.94. The number of amides is 1. The molecule has 2 aromatic rings. The number of ether oxygens (including phenoxy) is 1. The van der Waals surface area contributed by atoms with Gasteiger partial charge in [0.1, 0.15) is 5.69 Å². The summed E-state index contributed by atoms with van der Waals surface area (Å²) in [6, 6.07) is 9.63. The van der Waals surface area contributed by atoms with E-state index >= 15 is 0 Å². The van der Waals surface area contributed by atoms with Crippen LogP contribution in [-0.4, -0.2) is 53.3 Å². The first-order chi connectivity index (χ1) is 10.1. The normalized spacial score (nSPS) is 17.8. The van der Waals surface area contributed by atoms with Crippen LogP contribution < -0.4 is 0 Å². The summed E-state index contributed by atoms with van der Waals surface area (Å²) in [7, 11) is 1.72. The highest BCUT2D eigenvalue weighted by Crippen LogP contribution is 2.22. The number of hydrogen-bond acceptors (Lipinski definition) is 3. The predicted octanol–water partition coefficient (Wildman–Crippen LogP) is 1.78. The van der Waals surface area contributed by atoms with Crippen molar-refractivity contribution in [1.29, 1.82) is 0 Å². The monoisotopic (exact) mass is 288 g/mol. The summed E-state index contributed by atoms with van der Waals surface area (Å²) in [5.41, 5.74) is 0.655. The van der Waals surface area contributed by atoms with Gasteiger partial charge in [0.2, 0.25) is 0 Å². The van der Waals surface area contributed by atoms with E-state index in [0.717, 1.165) is 10.9 Å². The molecule has 1 saturated heterocycles. The number of carbonyl (C=O) groups is 1. The fourth-order valence-electron chi connectivity index (χ4n) is 2.82. The van der Waals surface area contributed by atoms with E-state index in [1.807, 2.05) is 30.3 Å². The topological polar surface area (TPSA) is 65.6 Å². The van der Waals surface area contributed by atoms with E-state index in [4.69, 9.17) is 4.74 Å². The maximum absolute atomic E-state index is 12.5. The fraction of sp³-hybridized carbons (Fsp3) is 0.438. The molecule has 5 heteroatoms. The summed E-state index contributed by atoms with van der Waals surface area (Å²) in [6.07, 6.45) is 1.13. The van der Waals surface area contributed by atoms with Crippen molar-refractivity contribution in [3.05, 3.63) is 36.0 Å². The van der Waals surface area contributed by atoms with Gasteiger partial charge in [-0.25, -0.2) is 0 Å². The maximum atomic E-state index is 12.5. The van der Waals surface area contributed by atoms with Gasteiger partial charge in [-0.1, -0.05) is 18.2 Å². The van der Waals surface area contributed by atoms with Crippen molar-refractivity contribution in [2.75, 3.05) is 26.8 Å². The van der Waals surface area contributed by atoms with Gasteiger partial charge in [-0.3, -0.25) is 4.79 Å². The lowest BCUT2D eigenvalue weighted by Crippen LogP contribution is -2.47. The Balaban J connectivity index is 1.74. The van der Waals surface area contributed by atoms with E-state index in [1.165, 1.54) is 0 Å². The highest BCUT2D eigenvalue weighted by Gasteiger charge is 2.32. The van der Waals surface area contributed by atoms with Crippen molar-refractivity contribution in [3.8, 4) is 0 Å². The van der Waals surface area contributed by atoms with E-state index in [2.05, 4.69) is 4.98 Å². The standard InChI is InChI=1S/C16H20N2O3/c1-18(11-16(20)6-8-21-9-7-16)15(19)14-10-12-4-2-3-5-13(12)17-14/h2-5,10,17,20H,6-9,11H2,1H3. The van der Waals surface area contributed by atoms with E-state index in [1.54, 1.807) is 11.9 Å². The number of aromatic amines is 1. The minimum atomic E-state index is -0.839. The molecule has 112 valence electrons. The van der Waals surface area contributed by atoms with Crippen molar-refractivity contribution in [2.24, 2.45) is 0 Å². The molecule has 0 bridgehead atoms. The van der Waals surface area contributed by atoms with Crippen LogP contribution in [0.1, 0.15) is 23.3 Å². The van der Waals surface area contributed by atoms with Crippen LogP contribution in [0.25, 0.3) is 10.9 Å². The number of benzene rings is 1. The average Bonchev–Trinajstić information content (AvgIpc) is 2.90. The molecule has 1 aliphatic rings. The number of aliphatic hydroxyl groups is 1. The molecule has 3 rings (SSSR count). The molecular formula is C16H20N2O3. The van der Waals surface area contributed by atoms with Crippen molar-refractivity contribution >= 4 is 16.8 Å². The van der Waals surface area contributed by atoms with Crippen LogP contribution in [0.3, 0.4) is 0 Å². The molecule has 0 radical (unpaired) electrons. The SMILES string of the molecule is CN(CC1(O)CCOCC1)C(=O)c1cc2ccccc2[nH]1. The summed E-state index contributed by atoms with van der Waals surface area (Å²) in [4.78, 5) is 17.2. The van der Waals surface area contributed by atoms with Gasteiger partial charge in [0, 0.05) is 50.6 Å². The second kappa shape index (κ2) is 5.50. The number of fused-ring (bicyclic) bond motifs is 1. The minimum Gasteiger partial charge on any atom is -0.388 e. The molecule has 2 N–H and O–H groups in total. The third-order valence-corrected chi connectivity index (χ3v) is 4.06. The summed E-state index contributed by atoms with van der Waals surface area (Å²) >= 11 is 0. The molecule has 1 aromatic carbocycles. The van der Waals surface area contributed by atoms with Gasteiger partial charge in [-0.15, -0.1) is 0 Å². The van der Waals surface area contributed by atoms with Gasteiger partial charge < -0.3 is 19.7 Å². The molecule has 0 unspecified atom stereocenters. The lowest BCUT2D eigenvalue weighted by molar-refractivity contribution is -0.0734. The third-order valence-electron chi connectivity index (χ3n) is 4.06. The van der Waals surface area contributed by atoms with E-state index < -0.39 is 5.60 Å². The number of aromatic nitrogens is 1. The summed E-state index contributed by atoms with van der Waals surface area (Å²) in [5, 5.41) is 11.5. The number of H-pyrrole nitrogens is 1. The lowest BCUT2D eigenvalue weighted by atomic mass is 9.94.